The van der Waals surface area contributed by atoms with E-state index in [0.29, 0.717) is 11.3 Å². The van der Waals surface area contributed by atoms with Gasteiger partial charge in [-0.25, -0.2) is 4.98 Å². The molecule has 3 N–H and O–H groups in total. The van der Waals surface area contributed by atoms with Crippen LogP contribution in [0.25, 0.3) is 0 Å². The standard InChI is InChI=1S/C15H14F3N3O5S.C7H8N2O4/c1-9-10(2)20-14(26-27(24,25)15(16,17)18)13(21(22)23)12(9)19-8-11-6-4-3-5-7-11;1-3-4(2)8-7(11)5(6(3)10)9(12)13/h3-7H,8H2,1-2H3,(H,19,20);1-2H3,(H2,8,10,11). The second-order valence-corrected chi connectivity index (χ2v) is 9.63. The predicted octanol–water partition coefficient (Wildman–Crippen LogP) is 4.05. The van der Waals surface area contributed by atoms with E-state index in [2.05, 4.69) is 19.5 Å². The third kappa shape index (κ3) is 7.01. The Hall–Kier alpha value is -4.74. The lowest BCUT2D eigenvalue weighted by atomic mass is 10.1. The molecule has 0 atom stereocenters. The van der Waals surface area contributed by atoms with Gasteiger partial charge in [0.05, 0.1) is 9.85 Å². The lowest BCUT2D eigenvalue weighted by Crippen LogP contribution is -2.29. The summed E-state index contributed by atoms with van der Waals surface area (Å²) in [7, 11) is -6.11. The monoisotopic (exact) mass is 589 g/mol. The molecule has 0 spiro atoms. The van der Waals surface area contributed by atoms with Crippen molar-refractivity contribution in [2.75, 3.05) is 5.32 Å². The number of aromatic amines is 1. The van der Waals surface area contributed by atoms with Crippen LogP contribution in [-0.4, -0.2) is 38.8 Å². The van der Waals surface area contributed by atoms with Crippen LogP contribution in [0.15, 0.2) is 35.1 Å². The van der Waals surface area contributed by atoms with Gasteiger partial charge in [0.25, 0.3) is 0 Å². The minimum atomic E-state index is -6.11. The van der Waals surface area contributed by atoms with Crippen molar-refractivity contribution in [3.8, 4) is 11.6 Å². The number of hydrogen-bond donors (Lipinski definition) is 3. The second-order valence-electron chi connectivity index (χ2n) is 8.09. The zero-order valence-corrected chi connectivity index (χ0v) is 22.0. The molecule has 0 aliphatic rings. The fraction of sp³-hybridized carbons (Fsp3) is 0.273. The molecule has 0 radical (unpaired) electrons. The van der Waals surface area contributed by atoms with E-state index in [9.17, 15) is 51.7 Å². The number of halogens is 3. The number of alkyl halides is 3. The third-order valence-electron chi connectivity index (χ3n) is 5.43. The van der Waals surface area contributed by atoms with Crippen LogP contribution in [0.4, 0.5) is 30.2 Å². The van der Waals surface area contributed by atoms with Crippen molar-refractivity contribution >= 4 is 27.2 Å². The van der Waals surface area contributed by atoms with E-state index in [-0.39, 0.29) is 23.5 Å². The number of aromatic hydroxyl groups is 1. The van der Waals surface area contributed by atoms with Gasteiger partial charge in [0, 0.05) is 29.1 Å². The number of nitro groups is 2. The Labute approximate surface area is 223 Å². The van der Waals surface area contributed by atoms with Crippen LogP contribution in [0.5, 0.6) is 11.6 Å². The van der Waals surface area contributed by atoms with Crippen LogP contribution >= 0.6 is 0 Å². The van der Waals surface area contributed by atoms with Crippen LogP contribution in [0.1, 0.15) is 28.1 Å². The number of nitrogens with one attached hydrogen (secondary N) is 2. The number of nitrogens with zero attached hydrogens (tertiary/aromatic N) is 3. The van der Waals surface area contributed by atoms with E-state index in [0.717, 1.165) is 5.56 Å². The summed E-state index contributed by atoms with van der Waals surface area (Å²) in [4.78, 5) is 36.6. The fourth-order valence-electron chi connectivity index (χ4n) is 3.09. The minimum Gasteiger partial charge on any atom is -0.502 e. The van der Waals surface area contributed by atoms with Gasteiger partial charge >= 0.3 is 38.4 Å². The Morgan fingerprint density at radius 3 is 2.08 bits per heavy atom. The molecule has 0 amide bonds. The first-order valence-corrected chi connectivity index (χ1v) is 12.3. The van der Waals surface area contributed by atoms with E-state index >= 15 is 0 Å². The van der Waals surface area contributed by atoms with Crippen LogP contribution in [-0.2, 0) is 16.7 Å². The summed E-state index contributed by atoms with van der Waals surface area (Å²) >= 11 is 0. The van der Waals surface area contributed by atoms with Gasteiger partial charge in [-0.1, -0.05) is 30.3 Å². The first-order chi connectivity index (χ1) is 18.4. The maximum atomic E-state index is 12.6. The number of aromatic nitrogens is 2. The molecule has 0 saturated heterocycles. The molecule has 0 saturated carbocycles. The molecule has 18 heteroatoms. The number of hydrogen-bond acceptors (Lipinski definition) is 11. The smallest absolute Gasteiger partial charge is 0.502 e. The highest BCUT2D eigenvalue weighted by Crippen LogP contribution is 2.39. The molecule has 0 aliphatic carbocycles. The normalized spacial score (nSPS) is 11.3. The number of rotatable bonds is 7. The Bertz CT molecular complexity index is 1610. The van der Waals surface area contributed by atoms with Gasteiger partial charge in [0.1, 0.15) is 5.69 Å². The van der Waals surface area contributed by atoms with Crippen LogP contribution in [0.3, 0.4) is 0 Å². The number of H-pyrrole nitrogens is 1. The number of benzene rings is 1. The summed E-state index contributed by atoms with van der Waals surface area (Å²) in [6, 6.07) is 8.70. The van der Waals surface area contributed by atoms with Crippen LogP contribution in [0.2, 0.25) is 0 Å². The zero-order chi connectivity index (χ0) is 30.6. The van der Waals surface area contributed by atoms with Crippen molar-refractivity contribution in [3.05, 3.63) is 89.0 Å². The van der Waals surface area contributed by atoms with Gasteiger partial charge in [0.15, 0.2) is 0 Å². The van der Waals surface area contributed by atoms with Crippen molar-refractivity contribution in [1.29, 1.82) is 0 Å². The Kier molecular flexibility index (Phi) is 9.42. The van der Waals surface area contributed by atoms with Gasteiger partial charge in [-0.2, -0.15) is 21.6 Å². The molecule has 3 rings (SSSR count). The molecule has 0 unspecified atom stereocenters. The van der Waals surface area contributed by atoms with E-state index in [1.54, 1.807) is 37.3 Å². The average molecular weight is 590 g/mol. The zero-order valence-electron chi connectivity index (χ0n) is 21.2. The van der Waals surface area contributed by atoms with Crippen LogP contribution in [0, 0.1) is 47.9 Å². The Morgan fingerprint density at radius 2 is 1.57 bits per heavy atom. The maximum absolute atomic E-state index is 12.6. The summed E-state index contributed by atoms with van der Waals surface area (Å²) in [5.41, 5.74) is -6.79. The molecule has 0 aliphatic heterocycles. The lowest BCUT2D eigenvalue weighted by Gasteiger charge is -2.15. The van der Waals surface area contributed by atoms with Crippen molar-refractivity contribution in [2.24, 2.45) is 0 Å². The van der Waals surface area contributed by atoms with Crippen molar-refractivity contribution in [3.63, 3.8) is 0 Å². The molecule has 40 heavy (non-hydrogen) atoms. The minimum absolute atomic E-state index is 0.0727. The van der Waals surface area contributed by atoms with Gasteiger partial charge < -0.3 is 19.6 Å². The molecular weight excluding hydrogens is 567 g/mol. The van der Waals surface area contributed by atoms with E-state index in [4.69, 9.17) is 0 Å². The van der Waals surface area contributed by atoms with Crippen molar-refractivity contribution in [1.82, 2.24) is 9.97 Å². The van der Waals surface area contributed by atoms with Gasteiger partial charge in [-0.3, -0.25) is 25.0 Å². The van der Waals surface area contributed by atoms with Gasteiger partial charge in [-0.05, 0) is 33.3 Å². The topological polar surface area (TPSA) is 208 Å². The van der Waals surface area contributed by atoms with Crippen molar-refractivity contribution < 1.29 is 40.7 Å². The van der Waals surface area contributed by atoms with E-state index in [1.165, 1.54) is 20.8 Å². The molecule has 14 nitrogen and oxygen atoms in total. The first kappa shape index (κ1) is 31.5. The molecule has 2 heterocycles. The average Bonchev–Trinajstić information content (AvgIpc) is 2.83. The number of aryl methyl sites for hydroxylation is 2. The Balaban J connectivity index is 0.000000360. The SMILES string of the molecule is Cc1[nH]c(=O)c([N+](=O)[O-])c(O)c1C.Cc1nc(OS(=O)(=O)C(F)(F)F)c([N+](=O)[O-])c(NCc2ccccc2)c1C. The lowest BCUT2D eigenvalue weighted by molar-refractivity contribution is -0.387. The molecule has 3 aromatic rings. The molecule has 1 aromatic carbocycles. The first-order valence-electron chi connectivity index (χ1n) is 10.9. The van der Waals surface area contributed by atoms with E-state index in [1.807, 2.05) is 0 Å². The molecule has 216 valence electrons. The maximum Gasteiger partial charge on any atom is 0.534 e. The summed E-state index contributed by atoms with van der Waals surface area (Å²) < 4.78 is 64.2. The predicted molar refractivity (Wildman–Crippen MR) is 135 cm³/mol. The number of anilines is 1. The molecule has 2 aromatic heterocycles. The molecular formula is C22H22F3N5O9S. The highest BCUT2D eigenvalue weighted by atomic mass is 32.2. The summed E-state index contributed by atoms with van der Waals surface area (Å²) in [6.45, 7) is 5.98. The van der Waals surface area contributed by atoms with Crippen LogP contribution < -0.4 is 15.1 Å². The summed E-state index contributed by atoms with van der Waals surface area (Å²) in [5, 5.41) is 33.8. The Morgan fingerprint density at radius 1 is 1.02 bits per heavy atom. The molecule has 0 bridgehead atoms. The summed E-state index contributed by atoms with van der Waals surface area (Å²) in [5.74, 6) is -1.82. The third-order valence-corrected chi connectivity index (χ3v) is 6.38. The van der Waals surface area contributed by atoms with Gasteiger partial charge in [0.2, 0.25) is 5.75 Å². The quantitative estimate of drug-likeness (QED) is 0.155. The second kappa shape index (κ2) is 12.0. The fourth-order valence-corrected chi connectivity index (χ4v) is 3.51. The van der Waals surface area contributed by atoms with E-state index < -0.39 is 54.0 Å². The van der Waals surface area contributed by atoms with Crippen molar-refractivity contribution in [2.45, 2.75) is 39.7 Å². The summed E-state index contributed by atoms with van der Waals surface area (Å²) in [6.07, 6.45) is 0. The highest BCUT2D eigenvalue weighted by Gasteiger charge is 2.50. The largest absolute Gasteiger partial charge is 0.534 e. The van der Waals surface area contributed by atoms with Gasteiger partial charge in [-0.15, -0.1) is 0 Å². The molecule has 0 fully saturated rings. The number of pyridine rings is 2. The highest BCUT2D eigenvalue weighted by molar-refractivity contribution is 7.88.